The van der Waals surface area contributed by atoms with Gasteiger partial charge >= 0.3 is 0 Å². The molecule has 0 unspecified atom stereocenters. The molecule has 4 aromatic rings. The fraction of sp³-hybridized carbons (Fsp3) is 0.219. The first-order valence-corrected chi connectivity index (χ1v) is 12.9. The highest BCUT2D eigenvalue weighted by molar-refractivity contribution is 5.89. The molecule has 1 heterocycles. The van der Waals surface area contributed by atoms with Gasteiger partial charge in [-0.25, -0.2) is 0 Å². The summed E-state index contributed by atoms with van der Waals surface area (Å²) in [4.78, 5) is 33.5. The Morgan fingerprint density at radius 1 is 0.775 bits per heavy atom. The topological polar surface area (TPSA) is 90.0 Å². The van der Waals surface area contributed by atoms with Crippen molar-refractivity contribution in [3.05, 3.63) is 120 Å². The number of pyridine rings is 1. The van der Waals surface area contributed by atoms with Gasteiger partial charge in [-0.05, 0) is 58.7 Å². The predicted molar refractivity (Wildman–Crippen MR) is 152 cm³/mol. The van der Waals surface area contributed by atoms with E-state index in [9.17, 15) is 9.59 Å². The van der Waals surface area contributed by atoms with Gasteiger partial charge in [0, 0.05) is 25.5 Å². The van der Waals surface area contributed by atoms with Crippen LogP contribution >= 0.6 is 0 Å². The Hall–Kier alpha value is -4.85. The van der Waals surface area contributed by atoms with Crippen molar-refractivity contribution in [1.29, 1.82) is 0 Å². The molecule has 1 aromatic heterocycles. The lowest BCUT2D eigenvalue weighted by atomic mass is 10.0. The SMILES string of the molecule is COc1ccc(CN(C(=O)Cc2ccc(OC)c(OC)c2)[C@H](C(=O)NCc2ccncc2)c2ccccc2)cc1. The smallest absolute Gasteiger partial charge is 0.247 e. The molecule has 206 valence electrons. The van der Waals surface area contributed by atoms with Gasteiger partial charge in [0.05, 0.1) is 27.8 Å². The minimum absolute atomic E-state index is 0.0669. The highest BCUT2D eigenvalue weighted by Gasteiger charge is 2.31. The summed E-state index contributed by atoms with van der Waals surface area (Å²) >= 11 is 0. The fourth-order valence-corrected chi connectivity index (χ4v) is 4.41. The van der Waals surface area contributed by atoms with E-state index >= 15 is 0 Å². The third-order valence-electron chi connectivity index (χ3n) is 6.53. The average Bonchev–Trinajstić information content (AvgIpc) is 3.01. The Bertz CT molecular complexity index is 1400. The Balaban J connectivity index is 1.69. The van der Waals surface area contributed by atoms with Gasteiger partial charge in [-0.2, -0.15) is 0 Å². The van der Waals surface area contributed by atoms with E-state index in [2.05, 4.69) is 10.3 Å². The molecule has 0 saturated heterocycles. The number of rotatable bonds is 12. The molecule has 1 N–H and O–H groups in total. The van der Waals surface area contributed by atoms with Crippen LogP contribution in [-0.2, 0) is 29.1 Å². The highest BCUT2D eigenvalue weighted by Crippen LogP contribution is 2.30. The van der Waals surface area contributed by atoms with Crippen LogP contribution in [-0.4, -0.2) is 43.0 Å². The number of aromatic nitrogens is 1. The molecule has 0 radical (unpaired) electrons. The van der Waals surface area contributed by atoms with Crippen LogP contribution < -0.4 is 19.5 Å². The number of carbonyl (C=O) groups excluding carboxylic acids is 2. The number of nitrogens with one attached hydrogen (secondary N) is 1. The maximum absolute atomic E-state index is 14.0. The molecule has 0 aliphatic heterocycles. The van der Waals surface area contributed by atoms with E-state index in [1.807, 2.05) is 72.8 Å². The third kappa shape index (κ3) is 7.17. The van der Waals surface area contributed by atoms with Gasteiger partial charge < -0.3 is 24.4 Å². The van der Waals surface area contributed by atoms with Crippen LogP contribution in [0.1, 0.15) is 28.3 Å². The Kier molecular flexibility index (Phi) is 9.72. The first-order chi connectivity index (χ1) is 19.5. The van der Waals surface area contributed by atoms with Gasteiger partial charge in [0.1, 0.15) is 11.8 Å². The van der Waals surface area contributed by atoms with Crippen molar-refractivity contribution in [1.82, 2.24) is 15.2 Å². The third-order valence-corrected chi connectivity index (χ3v) is 6.53. The van der Waals surface area contributed by atoms with Crippen molar-refractivity contribution >= 4 is 11.8 Å². The molecular weight excluding hydrogens is 506 g/mol. The Morgan fingerprint density at radius 3 is 2.10 bits per heavy atom. The van der Waals surface area contributed by atoms with Crippen molar-refractivity contribution in [3.63, 3.8) is 0 Å². The maximum Gasteiger partial charge on any atom is 0.247 e. The second-order valence-electron chi connectivity index (χ2n) is 9.12. The van der Waals surface area contributed by atoms with E-state index < -0.39 is 6.04 Å². The normalized spacial score (nSPS) is 11.3. The minimum Gasteiger partial charge on any atom is -0.497 e. The van der Waals surface area contributed by atoms with Gasteiger partial charge in [-0.15, -0.1) is 0 Å². The number of hydrogen-bond acceptors (Lipinski definition) is 6. The second kappa shape index (κ2) is 13.8. The van der Waals surface area contributed by atoms with Crippen molar-refractivity contribution in [3.8, 4) is 17.2 Å². The van der Waals surface area contributed by atoms with Gasteiger partial charge in [0.2, 0.25) is 11.8 Å². The van der Waals surface area contributed by atoms with E-state index in [1.54, 1.807) is 50.8 Å². The van der Waals surface area contributed by atoms with Crippen LogP contribution in [0, 0.1) is 0 Å². The molecule has 0 saturated carbocycles. The first-order valence-electron chi connectivity index (χ1n) is 12.9. The first kappa shape index (κ1) is 28.2. The lowest BCUT2D eigenvalue weighted by molar-refractivity contribution is -0.141. The molecule has 40 heavy (non-hydrogen) atoms. The molecule has 3 aromatic carbocycles. The minimum atomic E-state index is -0.863. The lowest BCUT2D eigenvalue weighted by Crippen LogP contribution is -2.43. The van der Waals surface area contributed by atoms with E-state index in [0.29, 0.717) is 29.4 Å². The zero-order chi connectivity index (χ0) is 28.3. The van der Waals surface area contributed by atoms with Crippen molar-refractivity contribution in [2.24, 2.45) is 0 Å². The predicted octanol–water partition coefficient (Wildman–Crippen LogP) is 4.74. The largest absolute Gasteiger partial charge is 0.497 e. The Labute approximate surface area is 234 Å². The summed E-state index contributed by atoms with van der Waals surface area (Å²) in [6, 6.07) is 25.0. The van der Waals surface area contributed by atoms with E-state index in [1.165, 1.54) is 0 Å². The van der Waals surface area contributed by atoms with Crippen LogP contribution in [0.4, 0.5) is 0 Å². The van der Waals surface area contributed by atoms with E-state index in [0.717, 1.165) is 16.7 Å². The van der Waals surface area contributed by atoms with Crippen LogP contribution in [0.3, 0.4) is 0 Å². The number of amides is 2. The van der Waals surface area contributed by atoms with Gasteiger partial charge in [0.25, 0.3) is 0 Å². The van der Waals surface area contributed by atoms with Crippen LogP contribution in [0.15, 0.2) is 97.3 Å². The monoisotopic (exact) mass is 539 g/mol. The van der Waals surface area contributed by atoms with Gasteiger partial charge in [-0.1, -0.05) is 48.5 Å². The number of nitrogens with zero attached hydrogens (tertiary/aromatic N) is 2. The zero-order valence-corrected chi connectivity index (χ0v) is 22.9. The molecule has 8 nitrogen and oxygen atoms in total. The van der Waals surface area contributed by atoms with Gasteiger partial charge in [0.15, 0.2) is 11.5 Å². The lowest BCUT2D eigenvalue weighted by Gasteiger charge is -2.32. The molecule has 0 aliphatic carbocycles. The average molecular weight is 540 g/mol. The molecule has 0 bridgehead atoms. The molecule has 0 fully saturated rings. The summed E-state index contributed by atoms with van der Waals surface area (Å²) in [7, 11) is 4.72. The quantitative estimate of drug-likeness (QED) is 0.280. The summed E-state index contributed by atoms with van der Waals surface area (Å²) < 4.78 is 16.1. The summed E-state index contributed by atoms with van der Waals surface area (Å²) in [6.45, 7) is 0.531. The maximum atomic E-state index is 14.0. The van der Waals surface area contributed by atoms with E-state index in [-0.39, 0.29) is 24.8 Å². The van der Waals surface area contributed by atoms with Gasteiger partial charge in [-0.3, -0.25) is 14.6 Å². The molecule has 2 amide bonds. The van der Waals surface area contributed by atoms with Crippen LogP contribution in [0.25, 0.3) is 0 Å². The van der Waals surface area contributed by atoms with Crippen LogP contribution in [0.2, 0.25) is 0 Å². The summed E-state index contributed by atoms with van der Waals surface area (Å²) in [5, 5.41) is 3.02. The van der Waals surface area contributed by atoms with E-state index in [4.69, 9.17) is 14.2 Å². The fourth-order valence-electron chi connectivity index (χ4n) is 4.41. The van der Waals surface area contributed by atoms with Crippen molar-refractivity contribution in [2.75, 3.05) is 21.3 Å². The molecular formula is C32H33N3O5. The zero-order valence-electron chi connectivity index (χ0n) is 22.9. The standard InChI is InChI=1S/C32H33N3O5/c1-38-27-12-9-24(10-13-27)22-35(30(36)20-25-11-14-28(39-2)29(19-25)40-3)31(26-7-5-4-6-8-26)32(37)34-21-23-15-17-33-18-16-23/h4-19,31H,20-22H2,1-3H3,(H,34,37)/t31-/m0/s1. The highest BCUT2D eigenvalue weighted by atomic mass is 16.5. The number of benzene rings is 3. The molecule has 8 heteroatoms. The molecule has 4 rings (SSSR count). The number of hydrogen-bond donors (Lipinski definition) is 1. The second-order valence-corrected chi connectivity index (χ2v) is 9.12. The summed E-state index contributed by atoms with van der Waals surface area (Å²) in [5.74, 6) is 1.32. The Morgan fingerprint density at radius 2 is 1.45 bits per heavy atom. The number of methoxy groups -OCH3 is 3. The summed E-state index contributed by atoms with van der Waals surface area (Å²) in [5.41, 5.74) is 3.23. The number of carbonyl (C=O) groups is 2. The molecule has 0 aliphatic rings. The van der Waals surface area contributed by atoms with Crippen LogP contribution in [0.5, 0.6) is 17.2 Å². The van der Waals surface area contributed by atoms with Crippen molar-refractivity contribution < 1.29 is 23.8 Å². The summed E-state index contributed by atoms with van der Waals surface area (Å²) in [6.07, 6.45) is 3.43. The molecule has 0 spiro atoms. The van der Waals surface area contributed by atoms with Crippen molar-refractivity contribution in [2.45, 2.75) is 25.6 Å². The molecule has 1 atom stereocenters. The number of ether oxygens (including phenoxy) is 3.